The molecular formula is C13H12F3N3O6S3. The Labute approximate surface area is 166 Å². The Morgan fingerprint density at radius 3 is 2.32 bits per heavy atom. The molecule has 1 fully saturated rings. The predicted molar refractivity (Wildman–Crippen MR) is 98.0 cm³/mol. The average molecular weight is 459 g/mol. The number of halogens is 3. The van der Waals surface area contributed by atoms with Gasteiger partial charge in [-0.25, -0.2) is 8.42 Å². The number of thioether (sulfide) groups is 1. The number of non-ortho nitro benzene ring substituents is 1. The Morgan fingerprint density at radius 1 is 1.29 bits per heavy atom. The number of benzene rings is 1. The normalized spacial score (nSPS) is 18.6. The van der Waals surface area contributed by atoms with E-state index >= 15 is 0 Å². The summed E-state index contributed by atoms with van der Waals surface area (Å²) in [6.45, 7) is 0. The Bertz CT molecular complexity index is 951. The molecule has 28 heavy (non-hydrogen) atoms. The number of alkyl halides is 3. The smallest absolute Gasteiger partial charge is 0.356 e. The average Bonchev–Trinajstić information content (AvgIpc) is 2.92. The number of thiocarbonyl (C=S) groups is 1. The summed E-state index contributed by atoms with van der Waals surface area (Å²) in [6, 6.07) is 0.0644. The van der Waals surface area contributed by atoms with E-state index in [-0.39, 0.29) is 40.1 Å². The van der Waals surface area contributed by atoms with Gasteiger partial charge < -0.3 is 4.90 Å². The van der Waals surface area contributed by atoms with Gasteiger partial charge in [0.1, 0.15) is 9.22 Å². The third-order valence-corrected chi connectivity index (χ3v) is 7.38. The van der Waals surface area contributed by atoms with E-state index in [1.54, 1.807) is 0 Å². The van der Waals surface area contributed by atoms with Crippen LogP contribution in [0.3, 0.4) is 0 Å². The van der Waals surface area contributed by atoms with Gasteiger partial charge in [-0.15, -0.1) is 0 Å². The fraction of sp³-hybridized carbons (Fsp3) is 0.462. The minimum atomic E-state index is -5.11. The summed E-state index contributed by atoms with van der Waals surface area (Å²) in [5, 5.41) is 22.1. The van der Waals surface area contributed by atoms with Crippen molar-refractivity contribution < 1.29 is 31.4 Å². The van der Waals surface area contributed by atoms with Crippen LogP contribution in [0.4, 0.5) is 24.5 Å². The molecule has 1 aliphatic rings. The van der Waals surface area contributed by atoms with Crippen molar-refractivity contribution in [2.24, 2.45) is 0 Å². The van der Waals surface area contributed by atoms with Crippen molar-refractivity contribution in [3.8, 4) is 0 Å². The van der Waals surface area contributed by atoms with Gasteiger partial charge in [0.15, 0.2) is 9.84 Å². The van der Waals surface area contributed by atoms with Gasteiger partial charge in [0.2, 0.25) is 0 Å². The maximum Gasteiger partial charge on any atom is 0.418 e. The Balaban J connectivity index is 2.47. The molecule has 1 atom stereocenters. The molecule has 0 aromatic heterocycles. The summed E-state index contributed by atoms with van der Waals surface area (Å²) in [4.78, 5) is 20.1. The van der Waals surface area contributed by atoms with Crippen molar-refractivity contribution in [1.82, 2.24) is 4.90 Å². The fourth-order valence-electron chi connectivity index (χ4n) is 2.55. The van der Waals surface area contributed by atoms with Gasteiger partial charge in [0.05, 0.1) is 33.0 Å². The molecule has 1 unspecified atom stereocenters. The third-order valence-electron chi connectivity index (χ3n) is 4.00. The number of nitro benzene ring substituents is 2. The summed E-state index contributed by atoms with van der Waals surface area (Å²) in [6.07, 6.45) is -4.89. The van der Waals surface area contributed by atoms with E-state index in [0.717, 1.165) is 0 Å². The third kappa shape index (κ3) is 4.88. The molecule has 15 heteroatoms. The molecule has 1 aliphatic heterocycles. The van der Waals surface area contributed by atoms with Crippen molar-refractivity contribution in [2.45, 2.75) is 23.5 Å². The molecule has 0 radical (unpaired) electrons. The lowest BCUT2D eigenvalue weighted by atomic mass is 10.1. The zero-order valence-corrected chi connectivity index (χ0v) is 16.5. The molecule has 0 N–H and O–H groups in total. The van der Waals surface area contributed by atoms with Crippen molar-refractivity contribution in [3.63, 3.8) is 0 Å². The second kappa shape index (κ2) is 7.79. The van der Waals surface area contributed by atoms with E-state index in [9.17, 15) is 41.8 Å². The van der Waals surface area contributed by atoms with Crippen LogP contribution in [-0.2, 0) is 16.0 Å². The van der Waals surface area contributed by atoms with Crippen LogP contribution in [0.5, 0.6) is 0 Å². The monoisotopic (exact) mass is 459 g/mol. The van der Waals surface area contributed by atoms with Crippen LogP contribution in [0.1, 0.15) is 12.0 Å². The standard InChI is InChI=1S/C13H12F3N3O6S3/c1-17(7-2-3-28(24,25)6-7)12(26)27-11-9(13(14,15)16)4-8(18(20)21)5-10(11)19(22)23/h4-5,7H,2-3,6H2,1H3. The number of hydrogen-bond acceptors (Lipinski definition) is 8. The lowest BCUT2D eigenvalue weighted by molar-refractivity contribution is -0.396. The van der Waals surface area contributed by atoms with Crippen LogP contribution < -0.4 is 0 Å². The zero-order valence-electron chi connectivity index (χ0n) is 14.0. The molecule has 0 saturated carbocycles. The number of nitrogens with zero attached hydrogens (tertiary/aromatic N) is 3. The highest BCUT2D eigenvalue weighted by molar-refractivity contribution is 8.23. The molecule has 1 aromatic carbocycles. The molecule has 0 aliphatic carbocycles. The summed E-state index contributed by atoms with van der Waals surface area (Å²) in [5.74, 6) is -0.334. The minimum absolute atomic E-state index is 0.0965. The van der Waals surface area contributed by atoms with Crippen LogP contribution in [0.15, 0.2) is 17.0 Å². The number of sulfone groups is 1. The van der Waals surface area contributed by atoms with E-state index in [0.29, 0.717) is 6.07 Å². The molecule has 154 valence electrons. The quantitative estimate of drug-likeness (QED) is 0.289. The van der Waals surface area contributed by atoms with Crippen molar-refractivity contribution in [1.29, 1.82) is 0 Å². The lowest BCUT2D eigenvalue weighted by Gasteiger charge is -2.25. The van der Waals surface area contributed by atoms with E-state index in [4.69, 9.17) is 12.2 Å². The van der Waals surface area contributed by atoms with E-state index in [1.165, 1.54) is 11.9 Å². The summed E-state index contributed by atoms with van der Waals surface area (Å²) in [7, 11) is -1.91. The number of hydrogen-bond donors (Lipinski definition) is 0. The van der Waals surface area contributed by atoms with Gasteiger partial charge in [-0.05, 0) is 6.42 Å². The molecular weight excluding hydrogens is 447 g/mol. The topological polar surface area (TPSA) is 124 Å². The van der Waals surface area contributed by atoms with Gasteiger partial charge in [-0.3, -0.25) is 20.2 Å². The molecule has 0 spiro atoms. The summed E-state index contributed by atoms with van der Waals surface area (Å²) in [5.41, 5.74) is -3.75. The first-order valence-electron chi connectivity index (χ1n) is 7.42. The second-order valence-corrected chi connectivity index (χ2v) is 9.76. The van der Waals surface area contributed by atoms with Crippen LogP contribution in [0.25, 0.3) is 0 Å². The predicted octanol–water partition coefficient (Wildman–Crippen LogP) is 3.02. The lowest BCUT2D eigenvalue weighted by Crippen LogP contribution is -2.35. The first kappa shape index (κ1) is 22.3. The fourth-order valence-corrected chi connectivity index (χ4v) is 5.71. The molecule has 2 rings (SSSR count). The maximum atomic E-state index is 13.4. The molecule has 1 heterocycles. The van der Waals surface area contributed by atoms with Gasteiger partial charge in [0, 0.05) is 19.2 Å². The highest BCUT2D eigenvalue weighted by Crippen LogP contribution is 2.44. The highest BCUT2D eigenvalue weighted by Gasteiger charge is 2.41. The van der Waals surface area contributed by atoms with E-state index < -0.39 is 53.7 Å². The molecule has 1 aromatic rings. The first-order valence-corrected chi connectivity index (χ1v) is 10.5. The van der Waals surface area contributed by atoms with Crippen LogP contribution >= 0.6 is 24.0 Å². The Kier molecular flexibility index (Phi) is 6.20. The van der Waals surface area contributed by atoms with Gasteiger partial charge in [-0.2, -0.15) is 13.2 Å². The van der Waals surface area contributed by atoms with E-state index in [2.05, 4.69) is 0 Å². The van der Waals surface area contributed by atoms with Crippen LogP contribution in [-0.4, -0.2) is 52.1 Å². The maximum absolute atomic E-state index is 13.4. The molecule has 1 saturated heterocycles. The van der Waals surface area contributed by atoms with Gasteiger partial charge in [0.25, 0.3) is 11.4 Å². The van der Waals surface area contributed by atoms with Gasteiger partial charge in [-0.1, -0.05) is 24.0 Å². The Morgan fingerprint density at radius 2 is 1.89 bits per heavy atom. The van der Waals surface area contributed by atoms with Crippen molar-refractivity contribution in [3.05, 3.63) is 37.9 Å². The van der Waals surface area contributed by atoms with Crippen LogP contribution in [0, 0.1) is 20.2 Å². The Hall–Kier alpha value is -2.00. The zero-order chi connectivity index (χ0) is 21.4. The van der Waals surface area contributed by atoms with Gasteiger partial charge >= 0.3 is 6.18 Å². The summed E-state index contributed by atoms with van der Waals surface area (Å²) >= 11 is 5.30. The van der Waals surface area contributed by atoms with Crippen LogP contribution in [0.2, 0.25) is 0 Å². The second-order valence-electron chi connectivity index (χ2n) is 5.89. The highest BCUT2D eigenvalue weighted by atomic mass is 32.2. The largest absolute Gasteiger partial charge is 0.418 e. The molecule has 9 nitrogen and oxygen atoms in total. The van der Waals surface area contributed by atoms with E-state index in [1.807, 2.05) is 0 Å². The number of nitro groups is 2. The minimum Gasteiger partial charge on any atom is -0.356 e. The SMILES string of the molecule is CN(C(=S)Sc1c([N+](=O)[O-])cc([N+](=O)[O-])cc1C(F)(F)F)C1CCS(=O)(=O)C1. The first-order chi connectivity index (χ1) is 12.7. The molecule has 0 amide bonds. The summed E-state index contributed by atoms with van der Waals surface area (Å²) < 4.78 is 63.1. The molecule has 0 bridgehead atoms. The van der Waals surface area contributed by atoms with Crippen molar-refractivity contribution in [2.75, 3.05) is 18.6 Å². The number of rotatable bonds is 4. The van der Waals surface area contributed by atoms with Crippen molar-refractivity contribution >= 4 is 49.5 Å².